The van der Waals surface area contributed by atoms with E-state index in [1.54, 1.807) is 23.5 Å². The molecule has 2 aromatic rings. The maximum absolute atomic E-state index is 11.6. The smallest absolute Gasteiger partial charge is 0.248 e. The molecule has 6 heteroatoms. The first kappa shape index (κ1) is 16.9. The first-order valence-corrected chi connectivity index (χ1v) is 8.96. The number of thiazole rings is 1. The number of rotatable bonds is 6. The number of hydrogen-bond acceptors (Lipinski definition) is 5. The van der Waals surface area contributed by atoms with Gasteiger partial charge in [-0.3, -0.25) is 4.79 Å². The number of primary amides is 1. The summed E-state index contributed by atoms with van der Waals surface area (Å²) < 4.78 is 11.2. The summed E-state index contributed by atoms with van der Waals surface area (Å²) in [5, 5.41) is 0.871. The molecule has 1 saturated heterocycles. The third kappa shape index (κ3) is 3.94. The second-order valence-electron chi connectivity index (χ2n) is 6.37. The molecule has 1 aromatic carbocycles. The Bertz CT molecular complexity index is 721. The summed E-state index contributed by atoms with van der Waals surface area (Å²) in [6.45, 7) is 6.37. The van der Waals surface area contributed by atoms with Gasteiger partial charge in [-0.25, -0.2) is 4.98 Å². The number of nitrogens with two attached hydrogens (primary N) is 1. The van der Waals surface area contributed by atoms with Gasteiger partial charge in [-0.05, 0) is 30.5 Å². The molecule has 0 aliphatic carbocycles. The molecule has 0 saturated carbocycles. The van der Waals surface area contributed by atoms with E-state index in [1.807, 2.05) is 12.3 Å². The molecular weight excluding hydrogens is 324 g/mol. The molecular formula is C18H22N2O3S. The van der Waals surface area contributed by atoms with Crippen LogP contribution in [0.2, 0.25) is 0 Å². The minimum atomic E-state index is -0.466. The minimum absolute atomic E-state index is 0.401. The Morgan fingerprint density at radius 3 is 2.92 bits per heavy atom. The largest absolute Gasteiger partial charge is 0.493 e. The third-order valence-electron chi connectivity index (χ3n) is 4.04. The monoisotopic (exact) mass is 346 g/mol. The van der Waals surface area contributed by atoms with Gasteiger partial charge in [-0.1, -0.05) is 13.8 Å². The molecule has 24 heavy (non-hydrogen) atoms. The molecule has 1 amide bonds. The second kappa shape index (κ2) is 7.32. The van der Waals surface area contributed by atoms with Crippen LogP contribution in [0, 0.1) is 5.92 Å². The summed E-state index contributed by atoms with van der Waals surface area (Å²) in [4.78, 5) is 17.3. The van der Waals surface area contributed by atoms with Crippen molar-refractivity contribution in [2.45, 2.75) is 26.2 Å². The van der Waals surface area contributed by atoms with E-state index in [0.29, 0.717) is 29.8 Å². The third-order valence-corrected chi connectivity index (χ3v) is 5.39. The van der Waals surface area contributed by atoms with Crippen molar-refractivity contribution >= 4 is 17.2 Å². The van der Waals surface area contributed by atoms with E-state index in [9.17, 15) is 4.79 Å². The highest BCUT2D eigenvalue weighted by Crippen LogP contribution is 2.32. The summed E-state index contributed by atoms with van der Waals surface area (Å²) >= 11 is 1.63. The summed E-state index contributed by atoms with van der Waals surface area (Å²) in [5.41, 5.74) is 6.77. The fourth-order valence-corrected chi connectivity index (χ4v) is 3.47. The van der Waals surface area contributed by atoms with E-state index in [0.717, 1.165) is 30.2 Å². The molecule has 1 fully saturated rings. The standard InChI is InChI=1S/C18H22N2O3S/c1-11(2)16-8-20-18(24-16)14-5-13(17(19)21)6-15(7-14)23-10-12-3-4-22-9-12/h5-8,11-12H,3-4,9-10H2,1-2H3,(H2,19,21)/t12-/m1/s1. The van der Waals surface area contributed by atoms with Crippen molar-refractivity contribution in [3.8, 4) is 16.3 Å². The van der Waals surface area contributed by atoms with Gasteiger partial charge in [0.05, 0.1) is 13.2 Å². The average Bonchev–Trinajstić information content (AvgIpc) is 3.24. The van der Waals surface area contributed by atoms with Crippen LogP contribution >= 0.6 is 11.3 Å². The van der Waals surface area contributed by atoms with Crippen LogP contribution in [0.5, 0.6) is 5.75 Å². The lowest BCUT2D eigenvalue weighted by Gasteiger charge is -2.12. The summed E-state index contributed by atoms with van der Waals surface area (Å²) in [6, 6.07) is 5.39. The molecule has 0 spiro atoms. The molecule has 2 heterocycles. The van der Waals surface area contributed by atoms with Gasteiger partial charge < -0.3 is 15.2 Å². The first-order chi connectivity index (χ1) is 11.5. The number of ether oxygens (including phenoxy) is 2. The Morgan fingerprint density at radius 2 is 2.29 bits per heavy atom. The van der Waals surface area contributed by atoms with Crippen LogP contribution in [0.15, 0.2) is 24.4 Å². The van der Waals surface area contributed by atoms with Crippen molar-refractivity contribution in [1.29, 1.82) is 0 Å². The van der Waals surface area contributed by atoms with Gasteiger partial charge in [0.25, 0.3) is 0 Å². The maximum Gasteiger partial charge on any atom is 0.248 e. The zero-order chi connectivity index (χ0) is 17.1. The van der Waals surface area contributed by atoms with Crippen molar-refractivity contribution in [2.75, 3.05) is 19.8 Å². The zero-order valence-corrected chi connectivity index (χ0v) is 14.8. The number of amides is 1. The maximum atomic E-state index is 11.6. The number of carbonyl (C=O) groups excluding carboxylic acids is 1. The molecule has 1 aromatic heterocycles. The number of benzene rings is 1. The molecule has 3 rings (SSSR count). The fraction of sp³-hybridized carbons (Fsp3) is 0.444. The molecule has 1 aliphatic heterocycles. The predicted octanol–water partition coefficient (Wildman–Crippen LogP) is 3.45. The van der Waals surface area contributed by atoms with Gasteiger partial charge in [-0.2, -0.15) is 0 Å². The zero-order valence-electron chi connectivity index (χ0n) is 14.0. The molecule has 2 N–H and O–H groups in total. The molecule has 1 aliphatic rings. The number of hydrogen-bond donors (Lipinski definition) is 1. The van der Waals surface area contributed by atoms with Gasteiger partial charge in [0.1, 0.15) is 10.8 Å². The van der Waals surface area contributed by atoms with Crippen molar-refractivity contribution in [1.82, 2.24) is 4.98 Å². The highest BCUT2D eigenvalue weighted by Gasteiger charge is 2.17. The molecule has 1 atom stereocenters. The van der Waals surface area contributed by atoms with Crippen molar-refractivity contribution in [3.63, 3.8) is 0 Å². The highest BCUT2D eigenvalue weighted by atomic mass is 32.1. The van der Waals surface area contributed by atoms with Gasteiger partial charge >= 0.3 is 0 Å². The van der Waals surface area contributed by atoms with Crippen molar-refractivity contribution in [2.24, 2.45) is 11.7 Å². The topological polar surface area (TPSA) is 74.4 Å². The Balaban J connectivity index is 1.85. The average molecular weight is 346 g/mol. The number of aromatic nitrogens is 1. The van der Waals surface area contributed by atoms with E-state index in [4.69, 9.17) is 15.2 Å². The second-order valence-corrected chi connectivity index (χ2v) is 7.44. The molecule has 0 radical (unpaired) electrons. The Morgan fingerprint density at radius 1 is 1.46 bits per heavy atom. The molecule has 0 bridgehead atoms. The lowest BCUT2D eigenvalue weighted by Crippen LogP contribution is -2.14. The lowest BCUT2D eigenvalue weighted by atomic mass is 10.1. The lowest BCUT2D eigenvalue weighted by molar-refractivity contribution is 0.0999. The van der Waals surface area contributed by atoms with E-state index >= 15 is 0 Å². The highest BCUT2D eigenvalue weighted by molar-refractivity contribution is 7.15. The molecule has 0 unspecified atom stereocenters. The Labute approximate surface area is 145 Å². The number of nitrogens with zero attached hydrogens (tertiary/aromatic N) is 1. The van der Waals surface area contributed by atoms with Crippen LogP contribution in [0.1, 0.15) is 41.4 Å². The number of carbonyl (C=O) groups is 1. The SMILES string of the molecule is CC(C)c1cnc(-c2cc(OC[C@@H]3CCOC3)cc(C(N)=O)c2)s1. The van der Waals surface area contributed by atoms with Crippen molar-refractivity contribution in [3.05, 3.63) is 34.8 Å². The molecule has 128 valence electrons. The van der Waals surface area contributed by atoms with Gasteiger partial charge in [0.2, 0.25) is 5.91 Å². The van der Waals surface area contributed by atoms with Crippen LogP contribution in [-0.4, -0.2) is 30.7 Å². The van der Waals surface area contributed by atoms with E-state index in [1.165, 1.54) is 4.88 Å². The Kier molecular flexibility index (Phi) is 5.16. The van der Waals surface area contributed by atoms with Crippen LogP contribution in [-0.2, 0) is 4.74 Å². The summed E-state index contributed by atoms with van der Waals surface area (Å²) in [7, 11) is 0. The van der Waals surface area contributed by atoms with Crippen LogP contribution in [0.25, 0.3) is 10.6 Å². The summed E-state index contributed by atoms with van der Waals surface area (Å²) in [5.74, 6) is 1.01. The van der Waals surface area contributed by atoms with Gasteiger partial charge in [-0.15, -0.1) is 11.3 Å². The normalized spacial score (nSPS) is 17.4. The van der Waals surface area contributed by atoms with Gasteiger partial charge in [0.15, 0.2) is 0 Å². The van der Waals surface area contributed by atoms with Crippen LogP contribution in [0.4, 0.5) is 0 Å². The quantitative estimate of drug-likeness (QED) is 0.869. The first-order valence-electron chi connectivity index (χ1n) is 8.14. The van der Waals surface area contributed by atoms with E-state index < -0.39 is 5.91 Å². The summed E-state index contributed by atoms with van der Waals surface area (Å²) in [6.07, 6.45) is 2.89. The predicted molar refractivity (Wildman–Crippen MR) is 94.6 cm³/mol. The van der Waals surface area contributed by atoms with E-state index in [2.05, 4.69) is 18.8 Å². The van der Waals surface area contributed by atoms with E-state index in [-0.39, 0.29) is 0 Å². The fourth-order valence-electron chi connectivity index (χ4n) is 2.56. The minimum Gasteiger partial charge on any atom is -0.493 e. The Hall–Kier alpha value is -1.92. The molecule has 5 nitrogen and oxygen atoms in total. The van der Waals surface area contributed by atoms with Crippen LogP contribution < -0.4 is 10.5 Å². The van der Waals surface area contributed by atoms with Crippen molar-refractivity contribution < 1.29 is 14.3 Å². The van der Waals surface area contributed by atoms with Crippen LogP contribution in [0.3, 0.4) is 0 Å². The van der Waals surface area contributed by atoms with Gasteiger partial charge in [0, 0.05) is 34.7 Å².